The average Bonchev–Trinajstić information content (AvgIpc) is 3.20. The summed E-state index contributed by atoms with van der Waals surface area (Å²) in [5.74, 6) is -1.33. The van der Waals surface area contributed by atoms with Crippen molar-refractivity contribution in [2.75, 3.05) is 6.61 Å². The molecule has 43 heavy (non-hydrogen) atoms. The van der Waals surface area contributed by atoms with E-state index in [1.807, 2.05) is 13.8 Å². The lowest BCUT2D eigenvalue weighted by Gasteiger charge is -2.61. The number of rotatable bonds is 7. The van der Waals surface area contributed by atoms with Gasteiger partial charge < -0.3 is 50.3 Å². The fourth-order valence-corrected chi connectivity index (χ4v) is 9.53. The van der Waals surface area contributed by atoms with Gasteiger partial charge in [-0.1, -0.05) is 13.8 Å². The average molecular weight is 613 g/mol. The van der Waals surface area contributed by atoms with Gasteiger partial charge in [-0.15, -0.1) is 0 Å². The van der Waals surface area contributed by atoms with Gasteiger partial charge in [0.2, 0.25) is 0 Å². The van der Waals surface area contributed by atoms with E-state index in [0.717, 1.165) is 0 Å². The number of fused-ring (bicyclic) bond motifs is 5. The highest BCUT2D eigenvalue weighted by Crippen LogP contribution is 2.68. The van der Waals surface area contributed by atoms with Crippen LogP contribution in [0.4, 0.5) is 0 Å². The van der Waals surface area contributed by atoms with E-state index < -0.39 is 82.4 Å². The van der Waals surface area contributed by atoms with Crippen LogP contribution < -0.4 is 0 Å². The highest BCUT2D eigenvalue weighted by Gasteiger charge is 2.69. The minimum absolute atomic E-state index is 0.169. The molecule has 14 atom stereocenters. The zero-order valence-electron chi connectivity index (χ0n) is 26.0. The van der Waals surface area contributed by atoms with E-state index >= 15 is 0 Å². The highest BCUT2D eigenvalue weighted by atomic mass is 16.7. The molecular formula is C32H52O11. The summed E-state index contributed by atoms with van der Waals surface area (Å²) in [4.78, 5) is 13.8. The molecule has 246 valence electrons. The molecule has 3 saturated carbocycles. The number of aliphatic hydroxyl groups is 8. The van der Waals surface area contributed by atoms with Gasteiger partial charge in [-0.05, 0) is 101 Å². The fraction of sp³-hybridized carbons (Fsp3) is 0.906. The second-order valence-electron chi connectivity index (χ2n) is 15.5. The number of ketones is 1. The van der Waals surface area contributed by atoms with Gasteiger partial charge in [-0.2, -0.15) is 0 Å². The third-order valence-corrected chi connectivity index (χ3v) is 12.3. The van der Waals surface area contributed by atoms with E-state index in [4.69, 9.17) is 9.47 Å². The molecule has 8 N–H and O–H groups in total. The topological polar surface area (TPSA) is 197 Å². The van der Waals surface area contributed by atoms with Crippen molar-refractivity contribution in [2.24, 2.45) is 28.6 Å². The Balaban J connectivity index is 1.38. The number of carbonyl (C=O) groups is 1. The van der Waals surface area contributed by atoms with E-state index in [1.54, 1.807) is 26.8 Å². The standard InChI is InChI=1S/C32H52O11/c1-28(2,39)9-8-24(36)31(5,40)23-7-11-32(41)17-12-19(33)18-13-22(43-27-26(38)25(37)21(35)15-42-27)20(34)14-29(18,3)16(17)6-10-30(23,32)4/h12,16,18,20-27,34-41H,6-11,13-15H2,1-5H3/t16-,18-,20-,21+,22+,23-,24+,25-,26+,27-,29+,30+,31+,32+/m0/s1. The van der Waals surface area contributed by atoms with E-state index in [-0.39, 0.29) is 37.6 Å². The molecule has 11 nitrogen and oxygen atoms in total. The van der Waals surface area contributed by atoms with Gasteiger partial charge in [0.05, 0.1) is 41.7 Å². The quantitative estimate of drug-likeness (QED) is 0.197. The summed E-state index contributed by atoms with van der Waals surface area (Å²) in [6.07, 6.45) is -3.99. The zero-order valence-corrected chi connectivity index (χ0v) is 26.0. The highest BCUT2D eigenvalue weighted by molar-refractivity contribution is 5.95. The van der Waals surface area contributed by atoms with Crippen LogP contribution in [-0.4, -0.2) is 113 Å². The van der Waals surface area contributed by atoms with Gasteiger partial charge in [0.15, 0.2) is 12.1 Å². The summed E-state index contributed by atoms with van der Waals surface area (Å²) in [7, 11) is 0. The van der Waals surface area contributed by atoms with Crippen LogP contribution in [0.1, 0.15) is 86.0 Å². The molecule has 4 aliphatic carbocycles. The Morgan fingerprint density at radius 3 is 2.35 bits per heavy atom. The van der Waals surface area contributed by atoms with Crippen LogP contribution in [0.15, 0.2) is 11.6 Å². The summed E-state index contributed by atoms with van der Waals surface area (Å²) in [6, 6.07) is 0. The summed E-state index contributed by atoms with van der Waals surface area (Å²) in [5, 5.41) is 86.8. The first-order valence-electron chi connectivity index (χ1n) is 15.9. The predicted octanol–water partition coefficient (Wildman–Crippen LogP) is 0.317. The van der Waals surface area contributed by atoms with Gasteiger partial charge >= 0.3 is 0 Å². The van der Waals surface area contributed by atoms with Crippen LogP contribution >= 0.6 is 0 Å². The molecule has 5 aliphatic rings. The third kappa shape index (κ3) is 5.35. The Bertz CT molecular complexity index is 1100. The van der Waals surface area contributed by atoms with Crippen molar-refractivity contribution in [3.8, 4) is 0 Å². The van der Waals surface area contributed by atoms with E-state index in [2.05, 4.69) is 0 Å². The predicted molar refractivity (Wildman–Crippen MR) is 153 cm³/mol. The maximum atomic E-state index is 13.8. The SMILES string of the molecule is CC(C)(O)CC[C@@H](O)[C@](C)(O)[C@H]1CC[C@@]2(O)C3=CC(=O)[C@@H]4C[C@@H](O[C@@H]5OC[C@@H](O)[C@H](O)[C@H]5O)[C@@H](O)C[C@]4(C)[C@H]3CC[C@]12C. The van der Waals surface area contributed by atoms with Crippen LogP contribution in [0.5, 0.6) is 0 Å². The second kappa shape index (κ2) is 11.1. The van der Waals surface area contributed by atoms with Crippen LogP contribution in [0, 0.1) is 28.6 Å². The molecule has 0 unspecified atom stereocenters. The molecule has 0 aromatic heterocycles. The number of ether oxygens (including phenoxy) is 2. The van der Waals surface area contributed by atoms with E-state index in [0.29, 0.717) is 37.7 Å². The Labute approximate surface area is 253 Å². The van der Waals surface area contributed by atoms with Crippen LogP contribution in [0.3, 0.4) is 0 Å². The van der Waals surface area contributed by atoms with E-state index in [1.165, 1.54) is 0 Å². The van der Waals surface area contributed by atoms with Crippen LogP contribution in [-0.2, 0) is 14.3 Å². The van der Waals surface area contributed by atoms with Crippen molar-refractivity contribution < 1.29 is 55.1 Å². The van der Waals surface area contributed by atoms with Gasteiger partial charge in [-0.3, -0.25) is 4.79 Å². The van der Waals surface area contributed by atoms with Gasteiger partial charge in [0.25, 0.3) is 0 Å². The Morgan fingerprint density at radius 1 is 1.02 bits per heavy atom. The first-order chi connectivity index (χ1) is 19.8. The minimum atomic E-state index is -1.52. The van der Waals surface area contributed by atoms with Crippen molar-refractivity contribution in [3.63, 3.8) is 0 Å². The second-order valence-corrected chi connectivity index (χ2v) is 15.5. The number of carbonyl (C=O) groups excluding carboxylic acids is 1. The molecule has 1 saturated heterocycles. The lowest BCUT2D eigenvalue weighted by Crippen LogP contribution is -2.63. The smallest absolute Gasteiger partial charge is 0.186 e. The monoisotopic (exact) mass is 612 g/mol. The van der Waals surface area contributed by atoms with Crippen molar-refractivity contribution in [1.82, 2.24) is 0 Å². The molecule has 0 bridgehead atoms. The molecule has 0 aromatic rings. The molecule has 0 radical (unpaired) electrons. The molecular weight excluding hydrogens is 560 g/mol. The van der Waals surface area contributed by atoms with Gasteiger partial charge in [0.1, 0.15) is 18.3 Å². The van der Waals surface area contributed by atoms with Crippen molar-refractivity contribution in [3.05, 3.63) is 11.6 Å². The minimum Gasteiger partial charge on any atom is -0.390 e. The Hall–Kier alpha value is -0.990. The van der Waals surface area contributed by atoms with Crippen LogP contribution in [0.2, 0.25) is 0 Å². The number of allylic oxidation sites excluding steroid dienone is 1. The number of hydrogen-bond donors (Lipinski definition) is 8. The first kappa shape index (κ1) is 33.4. The Kier molecular flexibility index (Phi) is 8.59. The molecule has 0 spiro atoms. The van der Waals surface area contributed by atoms with Crippen molar-refractivity contribution in [1.29, 1.82) is 0 Å². The maximum Gasteiger partial charge on any atom is 0.186 e. The number of aliphatic hydroxyl groups excluding tert-OH is 5. The molecule has 5 rings (SSSR count). The zero-order chi connectivity index (χ0) is 31.9. The van der Waals surface area contributed by atoms with Gasteiger partial charge in [0, 0.05) is 11.3 Å². The molecule has 1 aliphatic heterocycles. The van der Waals surface area contributed by atoms with E-state index in [9.17, 15) is 45.6 Å². The summed E-state index contributed by atoms with van der Waals surface area (Å²) in [6.45, 7) is 8.61. The van der Waals surface area contributed by atoms with Crippen molar-refractivity contribution in [2.45, 2.75) is 146 Å². The molecule has 11 heteroatoms. The summed E-state index contributed by atoms with van der Waals surface area (Å²) >= 11 is 0. The molecule has 1 heterocycles. The number of hydrogen-bond acceptors (Lipinski definition) is 11. The molecule has 0 aromatic carbocycles. The Morgan fingerprint density at radius 2 is 1.70 bits per heavy atom. The lowest BCUT2D eigenvalue weighted by atomic mass is 9.45. The van der Waals surface area contributed by atoms with Crippen molar-refractivity contribution >= 4 is 5.78 Å². The summed E-state index contributed by atoms with van der Waals surface area (Å²) in [5.41, 5.74) is -4.73. The first-order valence-corrected chi connectivity index (χ1v) is 15.9. The molecule has 0 amide bonds. The fourth-order valence-electron chi connectivity index (χ4n) is 9.53. The van der Waals surface area contributed by atoms with Crippen LogP contribution in [0.25, 0.3) is 0 Å². The molecule has 4 fully saturated rings. The lowest BCUT2D eigenvalue weighted by molar-refractivity contribution is -0.297. The normalized spacial score (nSPS) is 48.9. The third-order valence-electron chi connectivity index (χ3n) is 12.3. The summed E-state index contributed by atoms with van der Waals surface area (Å²) < 4.78 is 11.3. The van der Waals surface area contributed by atoms with Gasteiger partial charge in [-0.25, -0.2) is 0 Å². The largest absolute Gasteiger partial charge is 0.390 e. The maximum absolute atomic E-state index is 13.8.